The summed E-state index contributed by atoms with van der Waals surface area (Å²) < 4.78 is 22.5. The molecule has 1 heterocycles. The van der Waals surface area contributed by atoms with Gasteiger partial charge in [0, 0.05) is 5.56 Å². The zero-order valence-corrected chi connectivity index (χ0v) is 22.5. The van der Waals surface area contributed by atoms with Crippen molar-refractivity contribution in [3.63, 3.8) is 0 Å². The van der Waals surface area contributed by atoms with Gasteiger partial charge in [-0.3, -0.25) is 14.4 Å². The first-order chi connectivity index (χ1) is 18.9. The fourth-order valence-electron chi connectivity index (χ4n) is 6.79. The van der Waals surface area contributed by atoms with Gasteiger partial charge in [0.25, 0.3) is 5.91 Å². The number of rotatable bonds is 9. The topological polar surface area (TPSA) is 178 Å². The monoisotopic (exact) mass is 559 g/mol. The highest BCUT2D eigenvalue weighted by molar-refractivity contribution is 5.89. The zero-order chi connectivity index (χ0) is 29.0. The summed E-state index contributed by atoms with van der Waals surface area (Å²) >= 11 is 0. The summed E-state index contributed by atoms with van der Waals surface area (Å²) in [5.41, 5.74) is 0.0547. The number of amides is 1. The molecule has 0 unspecified atom stereocenters. The number of carbonyl (C=O) groups is 4. The minimum absolute atomic E-state index is 0.0157. The minimum Gasteiger partial charge on any atom is -0.493 e. The lowest BCUT2D eigenvalue weighted by Gasteiger charge is -2.59. The molecule has 1 aromatic rings. The second-order valence-electron chi connectivity index (χ2n) is 11.0. The van der Waals surface area contributed by atoms with E-state index >= 15 is 0 Å². The molecule has 0 saturated heterocycles. The molecule has 5 rings (SSSR count). The van der Waals surface area contributed by atoms with Crippen LogP contribution in [0.2, 0.25) is 0 Å². The number of hydrogen-bond acceptors (Lipinski definition) is 10. The van der Waals surface area contributed by atoms with Crippen molar-refractivity contribution in [2.45, 2.75) is 87.7 Å². The lowest BCUT2D eigenvalue weighted by Crippen LogP contribution is -2.67. The van der Waals surface area contributed by atoms with E-state index in [4.69, 9.17) is 24.1 Å². The number of aliphatic carboxylic acids is 1. The van der Waals surface area contributed by atoms with E-state index in [0.717, 1.165) is 24.0 Å². The van der Waals surface area contributed by atoms with Crippen LogP contribution in [0.3, 0.4) is 0 Å². The molecule has 1 spiro atoms. The Morgan fingerprint density at radius 2 is 1.98 bits per heavy atom. The van der Waals surface area contributed by atoms with Gasteiger partial charge >= 0.3 is 17.9 Å². The average molecular weight is 560 g/mol. The Hall–Kier alpha value is -3.64. The second kappa shape index (κ2) is 10.1. The molecule has 1 amide bonds. The Labute approximate surface area is 230 Å². The van der Waals surface area contributed by atoms with E-state index < -0.39 is 65.6 Å². The number of aliphatic hydroxyl groups excluding tert-OH is 1. The van der Waals surface area contributed by atoms with Crippen molar-refractivity contribution in [1.82, 2.24) is 5.32 Å². The van der Waals surface area contributed by atoms with Crippen LogP contribution in [0.25, 0.3) is 0 Å². The van der Waals surface area contributed by atoms with E-state index in [1.54, 1.807) is 6.08 Å². The molecule has 2 bridgehead atoms. The number of methoxy groups -OCH3 is 1. The van der Waals surface area contributed by atoms with Crippen LogP contribution in [0.5, 0.6) is 11.5 Å². The molecule has 1 saturated carbocycles. The molecule has 1 aromatic carbocycles. The molecule has 216 valence electrons. The summed E-state index contributed by atoms with van der Waals surface area (Å²) in [6.45, 7) is 2.45. The fourth-order valence-corrected chi connectivity index (χ4v) is 6.79. The van der Waals surface area contributed by atoms with Crippen LogP contribution >= 0.6 is 0 Å². The maximum atomic E-state index is 12.8. The second-order valence-corrected chi connectivity index (χ2v) is 11.0. The highest BCUT2D eigenvalue weighted by Gasteiger charge is 2.70. The Bertz CT molecular complexity index is 1290. The first-order valence-corrected chi connectivity index (χ1v) is 13.3. The van der Waals surface area contributed by atoms with Gasteiger partial charge in [0.05, 0.1) is 24.5 Å². The van der Waals surface area contributed by atoms with Gasteiger partial charge in [-0.05, 0) is 63.2 Å². The van der Waals surface area contributed by atoms with Crippen molar-refractivity contribution in [3.05, 3.63) is 35.1 Å². The van der Waals surface area contributed by atoms with E-state index in [0.29, 0.717) is 24.3 Å². The van der Waals surface area contributed by atoms with E-state index in [2.05, 4.69) is 5.32 Å². The first kappa shape index (κ1) is 27.9. The van der Waals surface area contributed by atoms with Crippen LogP contribution in [0, 0.1) is 5.92 Å². The smallest absolute Gasteiger partial charge is 0.336 e. The predicted octanol–water partition coefficient (Wildman–Crippen LogP) is 0.884. The molecular formula is C28H33NO11. The lowest BCUT2D eigenvalue weighted by molar-refractivity contribution is -0.168. The number of ether oxygens (including phenoxy) is 4. The number of esters is 2. The molecule has 1 fully saturated rings. The van der Waals surface area contributed by atoms with E-state index in [9.17, 15) is 29.4 Å². The number of carboxylic acid groups (broad SMARTS) is 1. The number of hydrogen-bond donors (Lipinski definition) is 4. The maximum Gasteiger partial charge on any atom is 0.336 e. The zero-order valence-electron chi connectivity index (χ0n) is 22.5. The molecule has 0 radical (unpaired) electrons. The lowest BCUT2D eigenvalue weighted by atomic mass is 9.47. The van der Waals surface area contributed by atoms with Crippen LogP contribution in [0.15, 0.2) is 24.0 Å². The molecule has 0 aromatic heterocycles. The average Bonchev–Trinajstić information content (AvgIpc) is 3.25. The van der Waals surface area contributed by atoms with Gasteiger partial charge in [0.15, 0.2) is 29.8 Å². The molecule has 4 N–H and O–H groups in total. The van der Waals surface area contributed by atoms with Crippen molar-refractivity contribution in [2.75, 3.05) is 7.11 Å². The van der Waals surface area contributed by atoms with Crippen molar-refractivity contribution in [3.8, 4) is 11.5 Å². The van der Waals surface area contributed by atoms with Gasteiger partial charge < -0.3 is 39.6 Å². The third-order valence-corrected chi connectivity index (χ3v) is 8.72. The fraction of sp³-hybridized carbons (Fsp3) is 0.571. The van der Waals surface area contributed by atoms with Crippen LogP contribution in [-0.4, -0.2) is 76.2 Å². The Balaban J connectivity index is 1.29. The molecule has 40 heavy (non-hydrogen) atoms. The molecule has 4 aliphatic rings. The molecule has 7 atom stereocenters. The van der Waals surface area contributed by atoms with Crippen molar-refractivity contribution in [2.24, 2.45) is 5.92 Å². The van der Waals surface area contributed by atoms with Gasteiger partial charge in [0.2, 0.25) is 0 Å². The quantitative estimate of drug-likeness (QED) is 0.316. The highest BCUT2D eigenvalue weighted by Crippen LogP contribution is 2.67. The van der Waals surface area contributed by atoms with Crippen LogP contribution < -0.4 is 14.8 Å². The third kappa shape index (κ3) is 4.21. The van der Waals surface area contributed by atoms with Crippen molar-refractivity contribution < 1.29 is 53.4 Å². The van der Waals surface area contributed by atoms with Gasteiger partial charge in [-0.2, -0.15) is 0 Å². The summed E-state index contributed by atoms with van der Waals surface area (Å²) in [6, 6.07) is 2.62. The maximum absolute atomic E-state index is 12.8. The molecule has 12 heteroatoms. The van der Waals surface area contributed by atoms with Gasteiger partial charge in [0.1, 0.15) is 11.8 Å². The van der Waals surface area contributed by atoms with Gasteiger partial charge in [-0.15, -0.1) is 0 Å². The number of nitrogens with one attached hydrogen (secondary N) is 1. The van der Waals surface area contributed by atoms with Crippen molar-refractivity contribution in [1.29, 1.82) is 0 Å². The van der Waals surface area contributed by atoms with Gasteiger partial charge in [-0.25, -0.2) is 4.79 Å². The summed E-state index contributed by atoms with van der Waals surface area (Å²) in [5.74, 6) is -3.05. The van der Waals surface area contributed by atoms with E-state index in [1.165, 1.54) is 21.0 Å². The third-order valence-electron chi connectivity index (χ3n) is 8.72. The van der Waals surface area contributed by atoms with Gasteiger partial charge in [-0.1, -0.05) is 12.5 Å². The van der Waals surface area contributed by atoms with E-state index in [1.807, 2.05) is 12.1 Å². The predicted molar refractivity (Wildman–Crippen MR) is 135 cm³/mol. The normalized spacial score (nSPS) is 29.5. The van der Waals surface area contributed by atoms with Crippen LogP contribution in [0.1, 0.15) is 57.1 Å². The molecule has 12 nitrogen and oxygen atoms in total. The largest absolute Gasteiger partial charge is 0.493 e. The highest BCUT2D eigenvalue weighted by atomic mass is 16.6. The number of benzene rings is 1. The van der Waals surface area contributed by atoms with Crippen LogP contribution in [-0.2, 0) is 40.5 Å². The number of aliphatic hydroxyl groups is 2. The summed E-state index contributed by atoms with van der Waals surface area (Å²) in [5, 5.41) is 33.4. The minimum atomic E-state index is -1.93. The Morgan fingerprint density at radius 1 is 1.23 bits per heavy atom. The first-order valence-electron chi connectivity index (χ1n) is 13.3. The Kier molecular flexibility index (Phi) is 7.03. The Morgan fingerprint density at radius 3 is 2.67 bits per heavy atom. The summed E-state index contributed by atoms with van der Waals surface area (Å²) in [6.07, 6.45) is 0.0771. The molecule has 1 aliphatic heterocycles. The summed E-state index contributed by atoms with van der Waals surface area (Å²) in [4.78, 5) is 48.1. The van der Waals surface area contributed by atoms with Crippen LogP contribution in [0.4, 0.5) is 0 Å². The standard InChI is InChI=1S/C28H33NO11/c1-13(25(33)34)29-24(32)14(2)38-26(35)17(30)12-20(31)39-19-8-10-28(36)16-5-4-9-27(28)21-15(11-16)6-7-18(37-3)22(21)40-23(19)27/h6-8,13-14,16-17,23,30,36H,4-5,9-12H2,1-3H3,(H,29,32)(H,33,34)/t13-,14-,16-,17-,23+,27+,28-/m0/s1. The molecule has 3 aliphatic carbocycles. The summed E-state index contributed by atoms with van der Waals surface area (Å²) in [7, 11) is 1.54. The van der Waals surface area contributed by atoms with Crippen molar-refractivity contribution >= 4 is 23.8 Å². The molecular weight excluding hydrogens is 526 g/mol. The number of carbonyl (C=O) groups excluding carboxylic acids is 3. The SMILES string of the molecule is COc1ccc2c3c1O[C@@H]1C(OC(=O)C[C@H](O)C(=O)O[C@@H](C)C(=O)N[C@@H](C)C(=O)O)=CC[C@]4(O)[C@@H](CCC[C@@]314)C2. The van der Waals surface area contributed by atoms with E-state index in [-0.39, 0.29) is 18.1 Å². The number of carboxylic acids is 1.